The lowest BCUT2D eigenvalue weighted by atomic mass is 9.67. The summed E-state index contributed by atoms with van der Waals surface area (Å²) in [7, 11) is 1.77. The Morgan fingerprint density at radius 2 is 2.15 bits per heavy atom. The Bertz CT molecular complexity index is 490. The van der Waals surface area contributed by atoms with Crippen LogP contribution in [0.25, 0.3) is 0 Å². The molecule has 0 aromatic carbocycles. The molecule has 6 nitrogen and oxygen atoms in total. The summed E-state index contributed by atoms with van der Waals surface area (Å²) in [6, 6.07) is 3.80. The third-order valence-corrected chi connectivity index (χ3v) is 4.75. The number of furan rings is 1. The van der Waals surface area contributed by atoms with Crippen LogP contribution in [0.5, 0.6) is 0 Å². The maximum atomic E-state index is 5.60. The van der Waals surface area contributed by atoms with Gasteiger partial charge in [-0.2, -0.15) is 0 Å². The van der Waals surface area contributed by atoms with Gasteiger partial charge in [-0.25, -0.2) is 0 Å². The zero-order valence-corrected chi connectivity index (χ0v) is 18.4. The van der Waals surface area contributed by atoms with Gasteiger partial charge in [0, 0.05) is 40.0 Å². The Morgan fingerprint density at radius 3 is 2.77 bits per heavy atom. The molecule has 1 heterocycles. The number of nitrogens with zero attached hydrogens (tertiary/aromatic N) is 1. The van der Waals surface area contributed by atoms with E-state index in [1.54, 1.807) is 13.4 Å². The molecule has 0 amide bonds. The summed E-state index contributed by atoms with van der Waals surface area (Å²) in [5.41, 5.74) is 0.352. The fourth-order valence-corrected chi connectivity index (χ4v) is 3.02. The fourth-order valence-electron chi connectivity index (χ4n) is 3.02. The minimum atomic E-state index is 0. The quantitative estimate of drug-likeness (QED) is 0.208. The van der Waals surface area contributed by atoms with Gasteiger partial charge < -0.3 is 24.5 Å². The molecule has 1 aliphatic rings. The van der Waals surface area contributed by atoms with Gasteiger partial charge in [0.05, 0.1) is 6.26 Å². The van der Waals surface area contributed by atoms with Crippen molar-refractivity contribution in [3.63, 3.8) is 0 Å². The van der Waals surface area contributed by atoms with Gasteiger partial charge in [0.25, 0.3) is 0 Å². The van der Waals surface area contributed by atoms with E-state index in [0.29, 0.717) is 18.6 Å². The van der Waals surface area contributed by atoms with E-state index in [1.165, 1.54) is 19.3 Å². The molecular formula is C19H34IN3O3. The summed E-state index contributed by atoms with van der Waals surface area (Å²) < 4.78 is 16.1. The highest BCUT2D eigenvalue weighted by Crippen LogP contribution is 2.44. The SMILES string of the molecule is CCNC(=NCC1(CCOC)CCC1)NCCCOCc1ccco1.I. The second kappa shape index (κ2) is 13.4. The highest BCUT2D eigenvalue weighted by molar-refractivity contribution is 14.0. The van der Waals surface area contributed by atoms with E-state index in [4.69, 9.17) is 18.9 Å². The number of methoxy groups -OCH3 is 1. The molecule has 7 heteroatoms. The third-order valence-electron chi connectivity index (χ3n) is 4.75. The van der Waals surface area contributed by atoms with Crippen LogP contribution in [0.4, 0.5) is 0 Å². The van der Waals surface area contributed by atoms with Gasteiger partial charge >= 0.3 is 0 Å². The summed E-state index contributed by atoms with van der Waals surface area (Å²) in [6.07, 6.45) is 7.55. The highest BCUT2D eigenvalue weighted by atomic mass is 127. The van der Waals surface area contributed by atoms with E-state index in [1.807, 2.05) is 12.1 Å². The molecule has 1 aromatic heterocycles. The topological polar surface area (TPSA) is 68.0 Å². The van der Waals surface area contributed by atoms with Crippen LogP contribution in [-0.4, -0.2) is 45.9 Å². The van der Waals surface area contributed by atoms with E-state index in [0.717, 1.165) is 50.8 Å². The van der Waals surface area contributed by atoms with Crippen molar-refractivity contribution in [1.82, 2.24) is 10.6 Å². The molecule has 1 fully saturated rings. The third kappa shape index (κ3) is 8.26. The largest absolute Gasteiger partial charge is 0.467 e. The Labute approximate surface area is 174 Å². The first-order chi connectivity index (χ1) is 12.3. The van der Waals surface area contributed by atoms with Gasteiger partial charge in [0.1, 0.15) is 12.4 Å². The zero-order chi connectivity index (χ0) is 17.8. The minimum absolute atomic E-state index is 0. The number of guanidine groups is 1. The van der Waals surface area contributed by atoms with E-state index in [9.17, 15) is 0 Å². The Morgan fingerprint density at radius 1 is 1.31 bits per heavy atom. The summed E-state index contributed by atoms with van der Waals surface area (Å²) in [4.78, 5) is 4.80. The number of ether oxygens (including phenoxy) is 2. The highest BCUT2D eigenvalue weighted by Gasteiger charge is 2.36. The van der Waals surface area contributed by atoms with Crippen LogP contribution in [-0.2, 0) is 16.1 Å². The monoisotopic (exact) mass is 479 g/mol. The molecule has 0 aliphatic heterocycles. The number of aliphatic imine (C=N–C) groups is 1. The molecular weight excluding hydrogens is 445 g/mol. The van der Waals surface area contributed by atoms with Crippen molar-refractivity contribution in [2.24, 2.45) is 10.4 Å². The van der Waals surface area contributed by atoms with Crippen LogP contribution in [0, 0.1) is 5.41 Å². The van der Waals surface area contributed by atoms with Gasteiger partial charge in [-0.15, -0.1) is 24.0 Å². The predicted molar refractivity (Wildman–Crippen MR) is 115 cm³/mol. The molecule has 26 heavy (non-hydrogen) atoms. The van der Waals surface area contributed by atoms with Crippen molar-refractivity contribution >= 4 is 29.9 Å². The van der Waals surface area contributed by atoms with E-state index < -0.39 is 0 Å². The average molecular weight is 479 g/mol. The van der Waals surface area contributed by atoms with E-state index in [2.05, 4.69) is 17.6 Å². The fraction of sp³-hybridized carbons (Fsp3) is 0.737. The number of hydrogen-bond donors (Lipinski definition) is 2. The second-order valence-corrected chi connectivity index (χ2v) is 6.70. The first-order valence-corrected chi connectivity index (χ1v) is 9.39. The first kappa shape index (κ1) is 23.2. The molecule has 1 saturated carbocycles. The van der Waals surface area contributed by atoms with Crippen molar-refractivity contribution in [3.8, 4) is 0 Å². The summed E-state index contributed by atoms with van der Waals surface area (Å²) in [5.74, 6) is 1.77. The molecule has 1 aliphatic carbocycles. The van der Waals surface area contributed by atoms with Crippen LogP contribution in [0.3, 0.4) is 0 Å². The summed E-state index contributed by atoms with van der Waals surface area (Å²) in [6.45, 7) is 6.73. The Kier molecular flexibility index (Phi) is 12.0. The lowest BCUT2D eigenvalue weighted by Crippen LogP contribution is -2.40. The normalized spacial score (nSPS) is 15.8. The van der Waals surface area contributed by atoms with Gasteiger partial charge in [-0.05, 0) is 50.2 Å². The van der Waals surface area contributed by atoms with Gasteiger partial charge in [0.2, 0.25) is 0 Å². The first-order valence-electron chi connectivity index (χ1n) is 9.39. The average Bonchev–Trinajstić information content (AvgIpc) is 3.10. The van der Waals surface area contributed by atoms with Gasteiger partial charge in [-0.3, -0.25) is 4.99 Å². The number of nitrogens with one attached hydrogen (secondary N) is 2. The van der Waals surface area contributed by atoms with Crippen LogP contribution in [0.1, 0.15) is 44.8 Å². The lowest BCUT2D eigenvalue weighted by molar-refractivity contribution is 0.0778. The van der Waals surface area contributed by atoms with Crippen molar-refractivity contribution in [1.29, 1.82) is 0 Å². The Hall–Kier alpha value is -0.800. The van der Waals surface area contributed by atoms with Gasteiger partial charge in [0.15, 0.2) is 5.96 Å². The number of halogens is 1. The lowest BCUT2D eigenvalue weighted by Gasteiger charge is -2.40. The molecule has 0 radical (unpaired) electrons. The van der Waals surface area contributed by atoms with Crippen molar-refractivity contribution in [3.05, 3.63) is 24.2 Å². The molecule has 150 valence electrons. The van der Waals surface area contributed by atoms with Crippen LogP contribution in [0.2, 0.25) is 0 Å². The molecule has 0 bridgehead atoms. The molecule has 1 aromatic rings. The van der Waals surface area contributed by atoms with E-state index in [-0.39, 0.29) is 24.0 Å². The van der Waals surface area contributed by atoms with Crippen molar-refractivity contribution in [2.75, 3.05) is 40.0 Å². The molecule has 0 spiro atoms. The van der Waals surface area contributed by atoms with Crippen LogP contribution >= 0.6 is 24.0 Å². The molecule has 2 N–H and O–H groups in total. The van der Waals surface area contributed by atoms with Crippen LogP contribution in [0.15, 0.2) is 27.8 Å². The molecule has 0 unspecified atom stereocenters. The number of hydrogen-bond acceptors (Lipinski definition) is 4. The van der Waals surface area contributed by atoms with Gasteiger partial charge in [-0.1, -0.05) is 6.42 Å². The smallest absolute Gasteiger partial charge is 0.191 e. The predicted octanol–water partition coefficient (Wildman–Crippen LogP) is 3.57. The minimum Gasteiger partial charge on any atom is -0.467 e. The van der Waals surface area contributed by atoms with Crippen molar-refractivity contribution < 1.29 is 13.9 Å². The Balaban J connectivity index is 0.00000338. The van der Waals surface area contributed by atoms with Crippen molar-refractivity contribution in [2.45, 2.75) is 45.6 Å². The molecule has 0 saturated heterocycles. The molecule has 0 atom stereocenters. The summed E-state index contributed by atoms with van der Waals surface area (Å²) >= 11 is 0. The number of rotatable bonds is 12. The van der Waals surface area contributed by atoms with E-state index >= 15 is 0 Å². The second-order valence-electron chi connectivity index (χ2n) is 6.70. The maximum absolute atomic E-state index is 5.60. The summed E-state index contributed by atoms with van der Waals surface area (Å²) in [5, 5.41) is 6.72. The standard InChI is InChI=1S/C19H33N3O3.HI/c1-3-20-18(22-16-19(8-5-9-19)10-14-23-2)21-11-6-12-24-15-17-7-4-13-25-17;/h4,7,13H,3,5-6,8-12,14-16H2,1-2H3,(H2,20,21,22);1H. The zero-order valence-electron chi connectivity index (χ0n) is 16.1. The maximum Gasteiger partial charge on any atom is 0.191 e. The molecule has 2 rings (SSSR count). The van der Waals surface area contributed by atoms with Crippen LogP contribution < -0.4 is 10.6 Å².